The molecule has 0 amide bonds. The van der Waals surface area contributed by atoms with Crippen LogP contribution < -0.4 is 0 Å². The van der Waals surface area contributed by atoms with Gasteiger partial charge < -0.3 is 19.7 Å². The standard InChI is InChI=1S/C10H18O4/c11-7-9(1-4-14-8-9)10(12)2-5-13-6-3-10/h11-12H,1-8H2. The summed E-state index contributed by atoms with van der Waals surface area (Å²) in [4.78, 5) is 0. The molecule has 2 N–H and O–H groups in total. The van der Waals surface area contributed by atoms with Crippen LogP contribution in [0.3, 0.4) is 0 Å². The summed E-state index contributed by atoms with van der Waals surface area (Å²) in [5.41, 5.74) is -1.24. The molecule has 0 aromatic carbocycles. The average molecular weight is 202 g/mol. The van der Waals surface area contributed by atoms with E-state index in [4.69, 9.17) is 9.47 Å². The molecule has 4 nitrogen and oxygen atoms in total. The molecule has 2 fully saturated rings. The minimum atomic E-state index is -0.795. The van der Waals surface area contributed by atoms with Crippen LogP contribution in [0.5, 0.6) is 0 Å². The SMILES string of the molecule is OCC1(C2(O)CCOCC2)CCOC1. The molecule has 2 aliphatic rings. The van der Waals surface area contributed by atoms with E-state index >= 15 is 0 Å². The fraction of sp³-hybridized carbons (Fsp3) is 1.00. The molecular formula is C10H18O4. The molecule has 0 aromatic rings. The maximum Gasteiger partial charge on any atom is 0.0792 e. The van der Waals surface area contributed by atoms with Crippen molar-refractivity contribution in [3.8, 4) is 0 Å². The maximum absolute atomic E-state index is 10.5. The second-order valence-corrected chi connectivity index (χ2v) is 4.38. The Bertz CT molecular complexity index is 192. The minimum absolute atomic E-state index is 0.00347. The van der Waals surface area contributed by atoms with Crippen molar-refractivity contribution < 1.29 is 19.7 Å². The number of aliphatic hydroxyl groups is 2. The third-order valence-corrected chi connectivity index (χ3v) is 3.71. The molecule has 14 heavy (non-hydrogen) atoms. The van der Waals surface area contributed by atoms with Crippen molar-refractivity contribution in [1.29, 1.82) is 0 Å². The van der Waals surface area contributed by atoms with E-state index in [0.29, 0.717) is 39.3 Å². The monoisotopic (exact) mass is 202 g/mol. The van der Waals surface area contributed by atoms with Gasteiger partial charge in [0, 0.05) is 38.1 Å². The van der Waals surface area contributed by atoms with E-state index in [9.17, 15) is 10.2 Å². The Hall–Kier alpha value is -0.160. The first-order valence-electron chi connectivity index (χ1n) is 5.21. The van der Waals surface area contributed by atoms with Gasteiger partial charge >= 0.3 is 0 Å². The molecule has 2 saturated heterocycles. The zero-order chi connectivity index (χ0) is 10.1. The van der Waals surface area contributed by atoms with Crippen molar-refractivity contribution in [1.82, 2.24) is 0 Å². The zero-order valence-corrected chi connectivity index (χ0v) is 8.37. The molecule has 2 heterocycles. The van der Waals surface area contributed by atoms with E-state index in [2.05, 4.69) is 0 Å². The molecule has 0 aliphatic carbocycles. The number of hydrogen-bond acceptors (Lipinski definition) is 4. The second-order valence-electron chi connectivity index (χ2n) is 4.38. The maximum atomic E-state index is 10.5. The summed E-state index contributed by atoms with van der Waals surface area (Å²) in [6.07, 6.45) is 1.97. The Balaban J connectivity index is 2.15. The van der Waals surface area contributed by atoms with E-state index in [1.165, 1.54) is 0 Å². The lowest BCUT2D eigenvalue weighted by Gasteiger charge is -2.45. The first-order valence-corrected chi connectivity index (χ1v) is 5.21. The normalized spacial score (nSPS) is 37.3. The van der Waals surface area contributed by atoms with Gasteiger partial charge in [-0.15, -0.1) is 0 Å². The first-order chi connectivity index (χ1) is 6.72. The largest absolute Gasteiger partial charge is 0.396 e. The summed E-state index contributed by atoms with van der Waals surface area (Å²) in [7, 11) is 0. The molecule has 2 aliphatic heterocycles. The molecule has 4 heteroatoms. The van der Waals surface area contributed by atoms with Crippen LogP contribution in [-0.2, 0) is 9.47 Å². The van der Waals surface area contributed by atoms with Crippen LogP contribution in [0.2, 0.25) is 0 Å². The van der Waals surface area contributed by atoms with Gasteiger partial charge in [0.15, 0.2) is 0 Å². The molecular weight excluding hydrogens is 184 g/mol. The molecule has 1 atom stereocenters. The van der Waals surface area contributed by atoms with Crippen LogP contribution in [0.4, 0.5) is 0 Å². The highest BCUT2D eigenvalue weighted by Crippen LogP contribution is 2.44. The van der Waals surface area contributed by atoms with Crippen molar-refractivity contribution in [2.24, 2.45) is 5.41 Å². The van der Waals surface area contributed by atoms with Gasteiger partial charge in [-0.05, 0) is 6.42 Å². The Morgan fingerprint density at radius 3 is 2.14 bits per heavy atom. The first kappa shape index (κ1) is 10.4. The van der Waals surface area contributed by atoms with E-state index in [0.717, 1.165) is 6.42 Å². The van der Waals surface area contributed by atoms with Crippen LogP contribution in [0.25, 0.3) is 0 Å². The Kier molecular flexibility index (Phi) is 2.79. The lowest BCUT2D eigenvalue weighted by Crippen LogP contribution is -2.54. The summed E-state index contributed by atoms with van der Waals surface area (Å²) in [5, 5.41) is 20.0. The van der Waals surface area contributed by atoms with Crippen molar-refractivity contribution in [2.75, 3.05) is 33.0 Å². The van der Waals surface area contributed by atoms with Crippen molar-refractivity contribution in [3.63, 3.8) is 0 Å². The summed E-state index contributed by atoms with van der Waals surface area (Å²) >= 11 is 0. The smallest absolute Gasteiger partial charge is 0.0792 e. The van der Waals surface area contributed by atoms with Gasteiger partial charge in [-0.2, -0.15) is 0 Å². The summed E-state index contributed by atoms with van der Waals surface area (Å²) in [5.74, 6) is 0. The third kappa shape index (κ3) is 1.46. The van der Waals surface area contributed by atoms with Gasteiger partial charge in [-0.3, -0.25) is 0 Å². The third-order valence-electron chi connectivity index (χ3n) is 3.71. The van der Waals surface area contributed by atoms with E-state index in [-0.39, 0.29) is 6.61 Å². The lowest BCUT2D eigenvalue weighted by atomic mass is 9.68. The predicted octanol–water partition coefficient (Wildman–Crippen LogP) is -0.0731. The van der Waals surface area contributed by atoms with Gasteiger partial charge in [0.2, 0.25) is 0 Å². The summed E-state index contributed by atoms with van der Waals surface area (Å²) in [6, 6.07) is 0. The van der Waals surface area contributed by atoms with Gasteiger partial charge in [0.05, 0.1) is 18.8 Å². The fourth-order valence-corrected chi connectivity index (χ4v) is 2.49. The van der Waals surface area contributed by atoms with Gasteiger partial charge in [-0.1, -0.05) is 0 Å². The van der Waals surface area contributed by atoms with Crippen LogP contribution >= 0.6 is 0 Å². The highest BCUT2D eigenvalue weighted by atomic mass is 16.5. The van der Waals surface area contributed by atoms with Crippen molar-refractivity contribution >= 4 is 0 Å². The van der Waals surface area contributed by atoms with Crippen molar-refractivity contribution in [2.45, 2.75) is 24.9 Å². The Labute approximate surface area is 83.8 Å². The van der Waals surface area contributed by atoms with E-state index < -0.39 is 11.0 Å². The highest BCUT2D eigenvalue weighted by Gasteiger charge is 2.52. The average Bonchev–Trinajstić information content (AvgIpc) is 2.68. The predicted molar refractivity (Wildman–Crippen MR) is 50.0 cm³/mol. The number of rotatable bonds is 2. The highest BCUT2D eigenvalue weighted by molar-refractivity contribution is 5.01. The second kappa shape index (κ2) is 3.77. The number of aliphatic hydroxyl groups excluding tert-OH is 1. The van der Waals surface area contributed by atoms with E-state index in [1.807, 2.05) is 0 Å². The molecule has 82 valence electrons. The van der Waals surface area contributed by atoms with Crippen LogP contribution in [0.1, 0.15) is 19.3 Å². The Morgan fingerprint density at radius 1 is 1.00 bits per heavy atom. The van der Waals surface area contributed by atoms with Crippen molar-refractivity contribution in [3.05, 3.63) is 0 Å². The molecule has 0 aromatic heterocycles. The Morgan fingerprint density at radius 2 is 1.64 bits per heavy atom. The lowest BCUT2D eigenvalue weighted by molar-refractivity contribution is -0.159. The summed E-state index contributed by atoms with van der Waals surface area (Å²) < 4.78 is 10.5. The minimum Gasteiger partial charge on any atom is -0.396 e. The fourth-order valence-electron chi connectivity index (χ4n) is 2.49. The van der Waals surface area contributed by atoms with Gasteiger partial charge in [0.1, 0.15) is 0 Å². The molecule has 0 saturated carbocycles. The zero-order valence-electron chi connectivity index (χ0n) is 8.37. The van der Waals surface area contributed by atoms with Crippen LogP contribution in [0.15, 0.2) is 0 Å². The van der Waals surface area contributed by atoms with Crippen LogP contribution in [0, 0.1) is 5.41 Å². The van der Waals surface area contributed by atoms with E-state index in [1.54, 1.807) is 0 Å². The molecule has 2 rings (SSSR count). The number of hydrogen-bond donors (Lipinski definition) is 2. The van der Waals surface area contributed by atoms with Gasteiger partial charge in [-0.25, -0.2) is 0 Å². The van der Waals surface area contributed by atoms with Crippen LogP contribution in [-0.4, -0.2) is 48.8 Å². The molecule has 0 radical (unpaired) electrons. The molecule has 0 bridgehead atoms. The number of ether oxygens (including phenoxy) is 2. The molecule has 1 unspecified atom stereocenters. The quantitative estimate of drug-likeness (QED) is 0.658. The van der Waals surface area contributed by atoms with Gasteiger partial charge in [0.25, 0.3) is 0 Å². The molecule has 0 spiro atoms. The summed E-state index contributed by atoms with van der Waals surface area (Å²) in [6.45, 7) is 2.28. The topological polar surface area (TPSA) is 58.9 Å².